The van der Waals surface area contributed by atoms with Crippen LogP contribution in [0.3, 0.4) is 0 Å². The van der Waals surface area contributed by atoms with Crippen LogP contribution >= 0.6 is 0 Å². The molecule has 31 heavy (non-hydrogen) atoms. The third kappa shape index (κ3) is 5.72. The van der Waals surface area contributed by atoms with E-state index in [1.807, 2.05) is 13.8 Å². The van der Waals surface area contributed by atoms with Crippen molar-refractivity contribution in [2.75, 3.05) is 11.9 Å². The summed E-state index contributed by atoms with van der Waals surface area (Å²) in [6.07, 6.45) is 7.52. The van der Waals surface area contributed by atoms with Crippen molar-refractivity contribution in [3.05, 3.63) is 23.7 Å². The Hall–Kier alpha value is -3.15. The minimum Gasteiger partial charge on any atom is -0.477 e. The fourth-order valence-corrected chi connectivity index (χ4v) is 3.63. The van der Waals surface area contributed by atoms with Gasteiger partial charge in [-0.05, 0) is 59.3 Å². The minimum absolute atomic E-state index is 0.0355. The SMILES string of the molecule is CC(=O)N[C@H]1CC[C@H](COc2nc(Nc3cn(C(C)(C)C#N)nc3C)ncc2C)CC1. The number of rotatable bonds is 7. The highest BCUT2D eigenvalue weighted by Crippen LogP contribution is 2.27. The van der Waals surface area contributed by atoms with Crippen molar-refractivity contribution >= 4 is 17.5 Å². The van der Waals surface area contributed by atoms with Gasteiger partial charge in [-0.15, -0.1) is 0 Å². The zero-order chi connectivity index (χ0) is 22.6. The van der Waals surface area contributed by atoms with Crippen LogP contribution in [0.25, 0.3) is 0 Å². The molecule has 0 bridgehead atoms. The van der Waals surface area contributed by atoms with E-state index in [2.05, 4.69) is 31.8 Å². The summed E-state index contributed by atoms with van der Waals surface area (Å²) >= 11 is 0. The van der Waals surface area contributed by atoms with Gasteiger partial charge in [-0.2, -0.15) is 15.3 Å². The third-order valence-corrected chi connectivity index (χ3v) is 5.63. The molecule has 1 aliphatic carbocycles. The maximum absolute atomic E-state index is 11.2. The molecule has 0 aliphatic heterocycles. The number of aromatic nitrogens is 4. The van der Waals surface area contributed by atoms with Crippen molar-refractivity contribution in [3.8, 4) is 11.9 Å². The summed E-state index contributed by atoms with van der Waals surface area (Å²) in [7, 11) is 0. The lowest BCUT2D eigenvalue weighted by Gasteiger charge is -2.28. The summed E-state index contributed by atoms with van der Waals surface area (Å²) in [6, 6.07) is 2.52. The van der Waals surface area contributed by atoms with E-state index in [9.17, 15) is 10.1 Å². The molecule has 2 N–H and O–H groups in total. The maximum atomic E-state index is 11.2. The molecule has 166 valence electrons. The number of hydrogen-bond acceptors (Lipinski definition) is 7. The Balaban J connectivity index is 1.61. The minimum atomic E-state index is -0.744. The van der Waals surface area contributed by atoms with E-state index < -0.39 is 5.54 Å². The lowest BCUT2D eigenvalue weighted by Crippen LogP contribution is -2.37. The predicted octanol–water partition coefficient (Wildman–Crippen LogP) is 3.37. The highest BCUT2D eigenvalue weighted by atomic mass is 16.5. The molecule has 2 aromatic rings. The van der Waals surface area contributed by atoms with Gasteiger partial charge >= 0.3 is 0 Å². The van der Waals surface area contributed by atoms with Crippen molar-refractivity contribution in [1.29, 1.82) is 5.26 Å². The molecule has 2 aromatic heterocycles. The van der Waals surface area contributed by atoms with E-state index in [-0.39, 0.29) is 11.9 Å². The number of nitrogens with one attached hydrogen (secondary N) is 2. The molecular formula is C22H31N7O2. The molecule has 9 nitrogen and oxygen atoms in total. The predicted molar refractivity (Wildman–Crippen MR) is 117 cm³/mol. The zero-order valence-corrected chi connectivity index (χ0v) is 18.9. The van der Waals surface area contributed by atoms with Crippen molar-refractivity contribution in [2.24, 2.45) is 5.92 Å². The van der Waals surface area contributed by atoms with Gasteiger partial charge in [0.15, 0.2) is 0 Å². The van der Waals surface area contributed by atoms with Crippen LogP contribution in [0.5, 0.6) is 5.88 Å². The lowest BCUT2D eigenvalue weighted by atomic mass is 9.86. The van der Waals surface area contributed by atoms with Gasteiger partial charge in [0.25, 0.3) is 0 Å². The standard InChI is InChI=1S/C22H31N7O2/c1-14-10-24-21(26-19-11-29(28-15(19)2)22(4,5)13-23)27-20(14)31-12-17-6-8-18(9-7-17)25-16(3)30/h10-11,17-18H,6-9,12H2,1-5H3,(H,25,30)(H,24,26,27)/t17-,18-. The van der Waals surface area contributed by atoms with E-state index in [0.29, 0.717) is 24.4 Å². The topological polar surface area (TPSA) is 118 Å². The second kappa shape index (κ2) is 9.33. The summed E-state index contributed by atoms with van der Waals surface area (Å²) in [4.78, 5) is 20.1. The van der Waals surface area contributed by atoms with Gasteiger partial charge in [-0.3, -0.25) is 9.48 Å². The molecule has 1 fully saturated rings. The quantitative estimate of drug-likeness (QED) is 0.698. The van der Waals surface area contributed by atoms with E-state index in [1.165, 1.54) is 0 Å². The van der Waals surface area contributed by atoms with Crippen LogP contribution in [0.1, 0.15) is 57.7 Å². The van der Waals surface area contributed by atoms with E-state index in [1.54, 1.807) is 37.8 Å². The maximum Gasteiger partial charge on any atom is 0.230 e. The Bertz CT molecular complexity index is 969. The van der Waals surface area contributed by atoms with Crippen LogP contribution in [-0.4, -0.2) is 38.3 Å². The fourth-order valence-electron chi connectivity index (χ4n) is 3.63. The van der Waals surface area contributed by atoms with Crippen LogP contribution in [0.2, 0.25) is 0 Å². The highest BCUT2D eigenvalue weighted by molar-refractivity contribution is 5.73. The average molecular weight is 426 g/mol. The summed E-state index contributed by atoms with van der Waals surface area (Å²) in [5, 5.41) is 19.9. The average Bonchev–Trinajstić information content (AvgIpc) is 3.10. The summed E-state index contributed by atoms with van der Waals surface area (Å²) in [5.41, 5.74) is 1.63. The first-order valence-corrected chi connectivity index (χ1v) is 10.7. The summed E-state index contributed by atoms with van der Waals surface area (Å²) < 4.78 is 7.67. The number of nitriles is 1. The molecule has 3 rings (SSSR count). The first-order chi connectivity index (χ1) is 14.7. The number of carbonyl (C=O) groups is 1. The zero-order valence-electron chi connectivity index (χ0n) is 18.9. The Morgan fingerprint density at radius 3 is 2.68 bits per heavy atom. The molecule has 2 heterocycles. The van der Waals surface area contributed by atoms with Crippen molar-refractivity contribution in [1.82, 2.24) is 25.1 Å². The largest absolute Gasteiger partial charge is 0.477 e. The number of aryl methyl sites for hydroxylation is 2. The number of hydrogen-bond donors (Lipinski definition) is 2. The second-order valence-electron chi connectivity index (χ2n) is 8.78. The summed E-state index contributed by atoms with van der Waals surface area (Å²) in [5.74, 6) is 1.47. The number of nitrogens with zero attached hydrogens (tertiary/aromatic N) is 5. The number of carbonyl (C=O) groups excluding carboxylic acids is 1. The normalized spacial score (nSPS) is 18.8. The van der Waals surface area contributed by atoms with Gasteiger partial charge in [0.2, 0.25) is 17.7 Å². The van der Waals surface area contributed by atoms with Crippen molar-refractivity contribution in [3.63, 3.8) is 0 Å². The fraction of sp³-hybridized carbons (Fsp3) is 0.591. The molecular weight excluding hydrogens is 394 g/mol. The van der Waals surface area contributed by atoms with Gasteiger partial charge in [-0.25, -0.2) is 4.98 Å². The van der Waals surface area contributed by atoms with Gasteiger partial charge in [-0.1, -0.05) is 0 Å². The number of ether oxygens (including phenoxy) is 1. The molecule has 0 saturated heterocycles. The third-order valence-electron chi connectivity index (χ3n) is 5.63. The first-order valence-electron chi connectivity index (χ1n) is 10.7. The van der Waals surface area contributed by atoms with Crippen molar-refractivity contribution in [2.45, 2.75) is 71.9 Å². The smallest absolute Gasteiger partial charge is 0.230 e. The van der Waals surface area contributed by atoms with Crippen LogP contribution in [-0.2, 0) is 10.3 Å². The van der Waals surface area contributed by atoms with Gasteiger partial charge < -0.3 is 15.4 Å². The van der Waals surface area contributed by atoms with Crippen LogP contribution in [0.4, 0.5) is 11.6 Å². The van der Waals surface area contributed by atoms with Gasteiger partial charge in [0, 0.05) is 24.7 Å². The van der Waals surface area contributed by atoms with E-state index >= 15 is 0 Å². The molecule has 0 spiro atoms. The lowest BCUT2D eigenvalue weighted by molar-refractivity contribution is -0.119. The molecule has 9 heteroatoms. The van der Waals surface area contributed by atoms with Gasteiger partial charge in [0.1, 0.15) is 5.54 Å². The Morgan fingerprint density at radius 2 is 2.03 bits per heavy atom. The monoisotopic (exact) mass is 425 g/mol. The van der Waals surface area contributed by atoms with Crippen LogP contribution in [0, 0.1) is 31.1 Å². The molecule has 0 radical (unpaired) electrons. The molecule has 1 amide bonds. The molecule has 0 aromatic carbocycles. The van der Waals surface area contributed by atoms with Crippen LogP contribution in [0.15, 0.2) is 12.4 Å². The Kier molecular flexibility index (Phi) is 6.78. The van der Waals surface area contributed by atoms with Crippen molar-refractivity contribution < 1.29 is 9.53 Å². The Labute approximate surface area is 183 Å². The highest BCUT2D eigenvalue weighted by Gasteiger charge is 2.23. The molecule has 1 aliphatic rings. The first kappa shape index (κ1) is 22.5. The molecule has 0 unspecified atom stereocenters. The van der Waals surface area contributed by atoms with Gasteiger partial charge in [0.05, 0.1) is 30.3 Å². The second-order valence-corrected chi connectivity index (χ2v) is 8.78. The number of amides is 1. The summed E-state index contributed by atoms with van der Waals surface area (Å²) in [6.45, 7) is 9.57. The van der Waals surface area contributed by atoms with E-state index in [0.717, 1.165) is 42.6 Å². The Morgan fingerprint density at radius 1 is 1.32 bits per heavy atom. The van der Waals surface area contributed by atoms with Crippen LogP contribution < -0.4 is 15.4 Å². The molecule has 0 atom stereocenters. The van der Waals surface area contributed by atoms with E-state index in [4.69, 9.17) is 4.74 Å². The number of anilines is 2. The molecule has 1 saturated carbocycles.